The highest BCUT2D eigenvalue weighted by Crippen LogP contribution is 2.14. The maximum Gasteiger partial charge on any atom is 0.163 e. The van der Waals surface area contributed by atoms with Crippen LogP contribution in [0.5, 0.6) is 0 Å². The normalized spacial score (nSPS) is 15.3. The van der Waals surface area contributed by atoms with Crippen molar-refractivity contribution >= 4 is 5.57 Å². The van der Waals surface area contributed by atoms with Crippen LogP contribution in [0.15, 0.2) is 24.7 Å². The molecule has 0 radical (unpaired) electrons. The number of allylic oxidation sites excluding steroid dienone is 2. The zero-order valence-corrected chi connectivity index (χ0v) is 7.47. The summed E-state index contributed by atoms with van der Waals surface area (Å²) in [6.07, 6.45) is 7.28. The van der Waals surface area contributed by atoms with Crippen LogP contribution in [0.2, 0.25) is 0 Å². The second-order valence-electron chi connectivity index (χ2n) is 2.77. The molecule has 0 aromatic carbocycles. The van der Waals surface area contributed by atoms with E-state index in [1.54, 1.807) is 12.6 Å². The van der Waals surface area contributed by atoms with E-state index in [1.807, 2.05) is 16.7 Å². The quantitative estimate of drug-likeness (QED) is 0.682. The van der Waals surface area contributed by atoms with E-state index in [2.05, 4.69) is 17.1 Å². The lowest BCUT2D eigenvalue weighted by Crippen LogP contribution is -2.05. The van der Waals surface area contributed by atoms with Crippen LogP contribution >= 0.6 is 0 Å². The van der Waals surface area contributed by atoms with E-state index in [9.17, 15) is 0 Å². The Balaban J connectivity index is 2.33. The summed E-state index contributed by atoms with van der Waals surface area (Å²) in [6.45, 7) is 3.52. The predicted octanol–water partition coefficient (Wildman–Crippen LogP) is 1.23. The summed E-state index contributed by atoms with van der Waals surface area (Å²) < 4.78 is 7.17. The second kappa shape index (κ2) is 3.43. The Kier molecular flexibility index (Phi) is 2.12. The van der Waals surface area contributed by atoms with Gasteiger partial charge in [0.2, 0.25) is 0 Å². The minimum atomic E-state index is 0.579. The molecular formula is C9H11N3O. The van der Waals surface area contributed by atoms with Crippen LogP contribution in [0.4, 0.5) is 0 Å². The fourth-order valence-electron chi connectivity index (χ4n) is 1.27. The van der Waals surface area contributed by atoms with Crippen LogP contribution in [0, 0.1) is 0 Å². The third kappa shape index (κ3) is 1.47. The van der Waals surface area contributed by atoms with Gasteiger partial charge in [-0.05, 0) is 19.1 Å². The molecule has 4 nitrogen and oxygen atoms in total. The van der Waals surface area contributed by atoms with Gasteiger partial charge in [0.05, 0.1) is 6.26 Å². The van der Waals surface area contributed by atoms with Gasteiger partial charge >= 0.3 is 0 Å². The topological polar surface area (TPSA) is 39.9 Å². The highest BCUT2D eigenvalue weighted by atomic mass is 16.5. The zero-order chi connectivity index (χ0) is 9.10. The summed E-state index contributed by atoms with van der Waals surface area (Å²) in [5, 5.41) is 7.90. The van der Waals surface area contributed by atoms with Crippen LogP contribution in [-0.2, 0) is 11.3 Å². The van der Waals surface area contributed by atoms with Gasteiger partial charge in [0, 0.05) is 12.1 Å². The van der Waals surface area contributed by atoms with Gasteiger partial charge in [0.15, 0.2) is 5.82 Å². The molecular weight excluding hydrogens is 166 g/mol. The molecule has 0 spiro atoms. The van der Waals surface area contributed by atoms with Gasteiger partial charge in [-0.2, -0.15) is 0 Å². The molecule has 0 saturated carbocycles. The van der Waals surface area contributed by atoms with Crippen LogP contribution < -0.4 is 0 Å². The molecule has 0 unspecified atom stereocenters. The molecule has 2 heterocycles. The number of hydrogen-bond donors (Lipinski definition) is 0. The van der Waals surface area contributed by atoms with Crippen molar-refractivity contribution in [2.45, 2.75) is 13.5 Å². The van der Waals surface area contributed by atoms with Crippen LogP contribution in [0.1, 0.15) is 12.7 Å². The molecule has 1 aromatic heterocycles. The first kappa shape index (κ1) is 8.04. The van der Waals surface area contributed by atoms with Crippen molar-refractivity contribution in [3.8, 4) is 0 Å². The van der Waals surface area contributed by atoms with Crippen molar-refractivity contribution in [3.05, 3.63) is 30.6 Å². The molecule has 2 rings (SSSR count). The largest absolute Gasteiger partial charge is 0.496 e. The van der Waals surface area contributed by atoms with Gasteiger partial charge in [0.25, 0.3) is 0 Å². The second-order valence-corrected chi connectivity index (χ2v) is 2.77. The molecule has 0 saturated heterocycles. The molecule has 0 amide bonds. The molecule has 13 heavy (non-hydrogen) atoms. The molecule has 0 bridgehead atoms. The Hall–Kier alpha value is -1.58. The van der Waals surface area contributed by atoms with Crippen LogP contribution in [0.3, 0.4) is 0 Å². The molecule has 0 N–H and O–H groups in total. The molecule has 1 aromatic rings. The highest BCUT2D eigenvalue weighted by Gasteiger charge is 2.10. The number of ether oxygens (including phenoxy) is 1. The fourth-order valence-corrected chi connectivity index (χ4v) is 1.27. The van der Waals surface area contributed by atoms with Crippen molar-refractivity contribution in [2.24, 2.45) is 0 Å². The number of hydrogen-bond acceptors (Lipinski definition) is 3. The van der Waals surface area contributed by atoms with E-state index in [-0.39, 0.29) is 0 Å². The molecule has 68 valence electrons. The third-order valence-corrected chi connectivity index (χ3v) is 1.95. The molecule has 0 atom stereocenters. The first-order chi connectivity index (χ1) is 6.42. The van der Waals surface area contributed by atoms with Crippen molar-refractivity contribution in [1.29, 1.82) is 0 Å². The number of rotatable bonds is 2. The SMILES string of the molecule is CCn1cnnc1C1=CC=COC1. The number of aromatic nitrogens is 3. The van der Waals surface area contributed by atoms with E-state index in [4.69, 9.17) is 4.74 Å². The number of aryl methyl sites for hydroxylation is 1. The first-order valence-corrected chi connectivity index (χ1v) is 4.27. The van der Waals surface area contributed by atoms with Crippen LogP contribution in [-0.4, -0.2) is 21.4 Å². The summed E-state index contributed by atoms with van der Waals surface area (Å²) in [7, 11) is 0. The molecule has 4 heteroatoms. The van der Waals surface area contributed by atoms with Gasteiger partial charge < -0.3 is 9.30 Å². The Labute approximate surface area is 76.5 Å². The van der Waals surface area contributed by atoms with Gasteiger partial charge in [0.1, 0.15) is 12.9 Å². The smallest absolute Gasteiger partial charge is 0.163 e. The predicted molar refractivity (Wildman–Crippen MR) is 48.8 cm³/mol. The summed E-state index contributed by atoms with van der Waals surface area (Å²) in [5.41, 5.74) is 1.07. The van der Waals surface area contributed by atoms with E-state index >= 15 is 0 Å². The average molecular weight is 177 g/mol. The monoisotopic (exact) mass is 177 g/mol. The lowest BCUT2D eigenvalue weighted by molar-refractivity contribution is 0.291. The van der Waals surface area contributed by atoms with Gasteiger partial charge in [-0.1, -0.05) is 0 Å². The Morgan fingerprint density at radius 3 is 3.23 bits per heavy atom. The molecule has 0 fully saturated rings. The van der Waals surface area contributed by atoms with E-state index in [0.29, 0.717) is 6.61 Å². The summed E-state index contributed by atoms with van der Waals surface area (Å²) in [4.78, 5) is 0. The Morgan fingerprint density at radius 1 is 1.62 bits per heavy atom. The van der Waals surface area contributed by atoms with Crippen molar-refractivity contribution in [3.63, 3.8) is 0 Å². The minimum absolute atomic E-state index is 0.579. The molecule has 0 aliphatic carbocycles. The van der Waals surface area contributed by atoms with Gasteiger partial charge in [-0.3, -0.25) is 0 Å². The maximum absolute atomic E-state index is 5.18. The molecule has 1 aliphatic heterocycles. The lowest BCUT2D eigenvalue weighted by atomic mass is 10.2. The third-order valence-electron chi connectivity index (χ3n) is 1.95. The van der Waals surface area contributed by atoms with Gasteiger partial charge in [-0.25, -0.2) is 0 Å². The Morgan fingerprint density at radius 2 is 2.54 bits per heavy atom. The van der Waals surface area contributed by atoms with Crippen molar-refractivity contribution in [1.82, 2.24) is 14.8 Å². The van der Waals surface area contributed by atoms with Crippen molar-refractivity contribution in [2.75, 3.05) is 6.61 Å². The van der Waals surface area contributed by atoms with Crippen LogP contribution in [0.25, 0.3) is 5.57 Å². The fraction of sp³-hybridized carbons (Fsp3) is 0.333. The zero-order valence-electron chi connectivity index (χ0n) is 7.47. The standard InChI is InChI=1S/C9H11N3O/c1-2-12-7-10-11-9(12)8-4-3-5-13-6-8/h3-5,7H,2,6H2,1H3. The van der Waals surface area contributed by atoms with E-state index in [0.717, 1.165) is 17.9 Å². The summed E-state index contributed by atoms with van der Waals surface area (Å²) >= 11 is 0. The Bertz CT molecular complexity index is 351. The number of nitrogens with zero attached hydrogens (tertiary/aromatic N) is 3. The average Bonchev–Trinajstić information content (AvgIpc) is 2.67. The summed E-state index contributed by atoms with van der Waals surface area (Å²) in [6, 6.07) is 0. The molecule has 1 aliphatic rings. The first-order valence-electron chi connectivity index (χ1n) is 4.27. The maximum atomic E-state index is 5.18. The highest BCUT2D eigenvalue weighted by molar-refractivity contribution is 5.63. The summed E-state index contributed by atoms with van der Waals surface area (Å²) in [5.74, 6) is 0.895. The van der Waals surface area contributed by atoms with Crippen molar-refractivity contribution < 1.29 is 4.74 Å². The van der Waals surface area contributed by atoms with Gasteiger partial charge in [-0.15, -0.1) is 10.2 Å². The minimum Gasteiger partial charge on any atom is -0.496 e. The van der Waals surface area contributed by atoms with E-state index in [1.165, 1.54) is 0 Å². The van der Waals surface area contributed by atoms with E-state index < -0.39 is 0 Å². The lowest BCUT2D eigenvalue weighted by Gasteiger charge is -2.09.